The van der Waals surface area contributed by atoms with E-state index in [9.17, 15) is 4.57 Å². The second-order valence-corrected chi connectivity index (χ2v) is 6.84. The van der Waals surface area contributed by atoms with E-state index in [1.54, 1.807) is 0 Å². The zero-order valence-electron chi connectivity index (χ0n) is 9.56. The first-order chi connectivity index (χ1) is 7.68. The Hall–Kier alpha value is -0.850. The van der Waals surface area contributed by atoms with Crippen molar-refractivity contribution in [2.75, 3.05) is 18.9 Å². The van der Waals surface area contributed by atoms with Crippen LogP contribution in [0.15, 0.2) is 42.0 Å². The van der Waals surface area contributed by atoms with Crippen LogP contribution >= 0.6 is 7.37 Å². The molecule has 0 fully saturated rings. The summed E-state index contributed by atoms with van der Waals surface area (Å²) in [6.45, 7) is 2.57. The van der Waals surface area contributed by atoms with E-state index in [0.29, 0.717) is 18.9 Å². The number of hydrogen-bond donors (Lipinski definition) is 0. The number of rotatable bonds is 4. The maximum absolute atomic E-state index is 12.1. The van der Waals surface area contributed by atoms with Gasteiger partial charge >= 0.3 is 0 Å². The van der Waals surface area contributed by atoms with Gasteiger partial charge in [0.05, 0.1) is 6.61 Å². The Morgan fingerprint density at radius 2 is 2.06 bits per heavy atom. The standard InChI is InChI=1S/C13H17O2P/c1-12-8-10-16(14,11-12)15-9-7-13-5-3-2-4-6-13/h2-6,8H,7,9-11H2,1H3. The summed E-state index contributed by atoms with van der Waals surface area (Å²) in [5.41, 5.74) is 2.43. The molecule has 0 N–H and O–H groups in total. The fourth-order valence-corrected chi connectivity index (χ4v) is 4.11. The molecule has 2 nitrogen and oxygen atoms in total. The molecule has 0 saturated heterocycles. The molecule has 16 heavy (non-hydrogen) atoms. The molecule has 3 heteroatoms. The molecule has 1 heterocycles. The zero-order chi connectivity index (χ0) is 11.4. The molecule has 1 atom stereocenters. The average Bonchev–Trinajstić information content (AvgIpc) is 2.60. The van der Waals surface area contributed by atoms with Crippen molar-refractivity contribution < 1.29 is 9.09 Å². The molecule has 0 bridgehead atoms. The van der Waals surface area contributed by atoms with Crippen molar-refractivity contribution in [2.24, 2.45) is 0 Å². The highest BCUT2D eigenvalue weighted by Gasteiger charge is 2.26. The fraction of sp³-hybridized carbons (Fsp3) is 0.385. The van der Waals surface area contributed by atoms with Crippen LogP contribution in [0.1, 0.15) is 12.5 Å². The van der Waals surface area contributed by atoms with Crippen molar-refractivity contribution in [2.45, 2.75) is 13.3 Å². The fourth-order valence-electron chi connectivity index (χ4n) is 1.88. The van der Waals surface area contributed by atoms with Gasteiger partial charge in [-0.05, 0) is 18.9 Å². The zero-order valence-corrected chi connectivity index (χ0v) is 10.5. The Kier molecular flexibility index (Phi) is 3.63. The molecule has 0 aliphatic carbocycles. The van der Waals surface area contributed by atoms with Gasteiger partial charge in [0.1, 0.15) is 0 Å². The summed E-state index contributed by atoms with van der Waals surface area (Å²) in [5.74, 6) is 0. The monoisotopic (exact) mass is 236 g/mol. The first kappa shape index (κ1) is 11.6. The minimum Gasteiger partial charge on any atom is -0.328 e. The molecule has 1 aliphatic heterocycles. The molecule has 2 rings (SSSR count). The van der Waals surface area contributed by atoms with E-state index in [1.807, 2.05) is 31.2 Å². The Bertz CT molecular complexity index is 423. The van der Waals surface area contributed by atoms with E-state index in [1.165, 1.54) is 11.1 Å². The van der Waals surface area contributed by atoms with Crippen LogP contribution in [0, 0.1) is 0 Å². The van der Waals surface area contributed by atoms with Gasteiger partial charge in [0, 0.05) is 12.3 Å². The number of allylic oxidation sites excluding steroid dienone is 2. The minimum absolute atomic E-state index is 0.558. The van der Waals surface area contributed by atoms with Gasteiger partial charge in [0.2, 0.25) is 7.37 Å². The second-order valence-electron chi connectivity index (χ2n) is 4.27. The van der Waals surface area contributed by atoms with E-state index in [2.05, 4.69) is 12.1 Å². The summed E-state index contributed by atoms with van der Waals surface area (Å²) in [5, 5.41) is 0. The molecule has 0 saturated carbocycles. The van der Waals surface area contributed by atoms with Crippen molar-refractivity contribution in [1.82, 2.24) is 0 Å². The lowest BCUT2D eigenvalue weighted by molar-refractivity contribution is 0.321. The lowest BCUT2D eigenvalue weighted by Crippen LogP contribution is -1.99. The molecule has 86 valence electrons. The van der Waals surface area contributed by atoms with Gasteiger partial charge in [-0.3, -0.25) is 4.57 Å². The van der Waals surface area contributed by atoms with Crippen LogP contribution < -0.4 is 0 Å². The Labute approximate surface area is 96.8 Å². The lowest BCUT2D eigenvalue weighted by Gasteiger charge is -2.12. The van der Waals surface area contributed by atoms with E-state index < -0.39 is 7.37 Å². The lowest BCUT2D eigenvalue weighted by atomic mass is 10.2. The van der Waals surface area contributed by atoms with E-state index >= 15 is 0 Å². The van der Waals surface area contributed by atoms with E-state index in [4.69, 9.17) is 4.52 Å². The highest BCUT2D eigenvalue weighted by atomic mass is 31.2. The summed E-state index contributed by atoms with van der Waals surface area (Å²) in [6.07, 6.45) is 4.13. The van der Waals surface area contributed by atoms with Crippen molar-refractivity contribution in [3.05, 3.63) is 47.5 Å². The Balaban J connectivity index is 1.79. The topological polar surface area (TPSA) is 26.3 Å². The van der Waals surface area contributed by atoms with Gasteiger partial charge in [-0.2, -0.15) is 0 Å². The summed E-state index contributed by atoms with van der Waals surface area (Å²) in [4.78, 5) is 0. The summed E-state index contributed by atoms with van der Waals surface area (Å²) >= 11 is 0. The average molecular weight is 236 g/mol. The number of hydrogen-bond acceptors (Lipinski definition) is 2. The molecule has 1 aromatic rings. The molecule has 0 aromatic heterocycles. The van der Waals surface area contributed by atoms with E-state index in [0.717, 1.165) is 6.42 Å². The van der Waals surface area contributed by atoms with E-state index in [-0.39, 0.29) is 0 Å². The summed E-state index contributed by atoms with van der Waals surface area (Å²) in [6, 6.07) is 10.2. The smallest absolute Gasteiger partial charge is 0.210 e. The first-order valence-corrected chi connectivity index (χ1v) is 7.60. The normalized spacial score (nSPS) is 24.4. The summed E-state index contributed by atoms with van der Waals surface area (Å²) in [7, 11) is -2.36. The van der Waals surface area contributed by atoms with Crippen LogP contribution in [-0.2, 0) is 15.5 Å². The maximum atomic E-state index is 12.1. The van der Waals surface area contributed by atoms with Crippen LogP contribution in [0.4, 0.5) is 0 Å². The largest absolute Gasteiger partial charge is 0.328 e. The Morgan fingerprint density at radius 1 is 1.31 bits per heavy atom. The first-order valence-electron chi connectivity index (χ1n) is 5.60. The van der Waals surface area contributed by atoms with Gasteiger partial charge in [-0.1, -0.05) is 42.0 Å². The molecule has 0 radical (unpaired) electrons. The predicted molar refractivity (Wildman–Crippen MR) is 67.2 cm³/mol. The third kappa shape index (κ3) is 3.07. The van der Waals surface area contributed by atoms with Crippen LogP contribution in [0.2, 0.25) is 0 Å². The number of benzene rings is 1. The molecule has 0 amide bonds. The molecular formula is C13H17O2P. The van der Waals surface area contributed by atoms with Gasteiger partial charge in [-0.25, -0.2) is 0 Å². The maximum Gasteiger partial charge on any atom is 0.210 e. The van der Waals surface area contributed by atoms with Gasteiger partial charge < -0.3 is 4.52 Å². The van der Waals surface area contributed by atoms with Gasteiger partial charge in [-0.15, -0.1) is 0 Å². The SMILES string of the molecule is CC1=CCP(=O)(OCCc2ccccc2)C1. The van der Waals surface area contributed by atoms with Crippen LogP contribution in [0.25, 0.3) is 0 Å². The molecular weight excluding hydrogens is 219 g/mol. The van der Waals surface area contributed by atoms with Gasteiger partial charge in [0.25, 0.3) is 0 Å². The van der Waals surface area contributed by atoms with Crippen molar-refractivity contribution in [1.29, 1.82) is 0 Å². The van der Waals surface area contributed by atoms with Crippen LogP contribution in [-0.4, -0.2) is 18.9 Å². The third-order valence-corrected chi connectivity index (χ3v) is 5.14. The van der Waals surface area contributed by atoms with Crippen molar-refractivity contribution in [3.8, 4) is 0 Å². The molecule has 0 spiro atoms. The quantitative estimate of drug-likeness (QED) is 0.591. The van der Waals surface area contributed by atoms with Crippen molar-refractivity contribution >= 4 is 7.37 Å². The molecule has 1 aliphatic rings. The Morgan fingerprint density at radius 3 is 2.69 bits per heavy atom. The third-order valence-electron chi connectivity index (χ3n) is 2.77. The predicted octanol–water partition coefficient (Wildman–Crippen LogP) is 3.48. The molecule has 1 unspecified atom stereocenters. The minimum atomic E-state index is -2.36. The van der Waals surface area contributed by atoms with Crippen LogP contribution in [0.3, 0.4) is 0 Å². The van der Waals surface area contributed by atoms with Gasteiger partial charge in [0.15, 0.2) is 0 Å². The van der Waals surface area contributed by atoms with Crippen LogP contribution in [0.5, 0.6) is 0 Å². The molecule has 1 aromatic carbocycles. The highest BCUT2D eigenvalue weighted by Crippen LogP contribution is 2.52. The van der Waals surface area contributed by atoms with Crippen molar-refractivity contribution in [3.63, 3.8) is 0 Å². The highest BCUT2D eigenvalue weighted by molar-refractivity contribution is 7.59. The summed E-state index contributed by atoms with van der Waals surface area (Å²) < 4.78 is 17.7. The second kappa shape index (κ2) is 4.99.